The summed E-state index contributed by atoms with van der Waals surface area (Å²) in [6, 6.07) is 0. The summed E-state index contributed by atoms with van der Waals surface area (Å²) in [4.78, 5) is 0. The molecule has 3 heterocycles. The SMILES string of the molecule is CC1(C)O[C@H]2O[C@H]([C@@H]3CO[Si]([Si](C)(C)C)([Si](C)(C)C)[Si]([Si](C)(C)C)([Si](C)(C)C)O3)[C@H](O)[C@H]2O1. The number of fused-ring (bicyclic) bond motifs is 1. The summed E-state index contributed by atoms with van der Waals surface area (Å²) in [5.74, 6) is -0.738. The zero-order valence-electron chi connectivity index (χ0n) is 23.6. The molecule has 3 saturated heterocycles. The lowest BCUT2D eigenvalue weighted by molar-refractivity contribution is -0.226. The van der Waals surface area contributed by atoms with Gasteiger partial charge in [0.2, 0.25) is 0 Å². The van der Waals surface area contributed by atoms with Crippen molar-refractivity contribution in [1.82, 2.24) is 0 Å². The summed E-state index contributed by atoms with van der Waals surface area (Å²) in [6.07, 6.45) is -2.50. The maximum Gasteiger partial charge on any atom is 0.190 e. The Hall–Kier alpha value is 1.06. The molecule has 0 aromatic heterocycles. The lowest BCUT2D eigenvalue weighted by Crippen LogP contribution is -3.00. The van der Waals surface area contributed by atoms with Gasteiger partial charge in [-0.2, -0.15) is 0 Å². The third-order valence-electron chi connectivity index (χ3n) is 7.93. The highest BCUT2D eigenvalue weighted by Crippen LogP contribution is 2.51. The zero-order chi connectivity index (χ0) is 25.6. The Morgan fingerprint density at radius 3 is 1.55 bits per heavy atom. The van der Waals surface area contributed by atoms with E-state index in [1.54, 1.807) is 0 Å². The molecule has 3 aliphatic heterocycles. The average Bonchev–Trinajstić information content (AvgIpc) is 3.03. The number of rotatable bonds is 5. The third kappa shape index (κ3) is 4.21. The van der Waals surface area contributed by atoms with E-state index in [-0.39, 0.29) is 6.10 Å². The number of hydrogen-bond donors (Lipinski definition) is 1. The van der Waals surface area contributed by atoms with E-state index >= 15 is 0 Å². The summed E-state index contributed by atoms with van der Waals surface area (Å²) in [5.41, 5.74) is 0. The highest BCUT2D eigenvalue weighted by Gasteiger charge is 2.80. The van der Waals surface area contributed by atoms with Gasteiger partial charge in [0.15, 0.2) is 25.8 Å². The van der Waals surface area contributed by atoms with Crippen LogP contribution in [0.15, 0.2) is 0 Å². The average molecular weight is 567 g/mol. The van der Waals surface area contributed by atoms with Crippen LogP contribution in [0.1, 0.15) is 13.8 Å². The Kier molecular flexibility index (Phi) is 7.18. The zero-order valence-corrected chi connectivity index (χ0v) is 29.6. The van der Waals surface area contributed by atoms with Crippen LogP contribution in [-0.2, 0) is 23.1 Å². The molecule has 0 aliphatic carbocycles. The molecule has 0 unspecified atom stereocenters. The minimum atomic E-state index is -2.32. The molecule has 0 saturated carbocycles. The van der Waals surface area contributed by atoms with Gasteiger partial charge in [-0.3, -0.25) is 0 Å². The molecule has 3 fully saturated rings. The molecule has 1 N–H and O–H groups in total. The fraction of sp³-hybridized carbons (Fsp3) is 1.00. The minimum absolute atomic E-state index is 0.251. The van der Waals surface area contributed by atoms with Gasteiger partial charge in [-0.25, -0.2) is 0 Å². The normalized spacial score (nSPS) is 36.6. The molecule has 0 aromatic carbocycles. The van der Waals surface area contributed by atoms with E-state index in [1.807, 2.05) is 13.8 Å². The van der Waals surface area contributed by atoms with Crippen molar-refractivity contribution in [1.29, 1.82) is 0 Å². The second-order valence-electron chi connectivity index (χ2n) is 14.9. The van der Waals surface area contributed by atoms with Gasteiger partial charge in [0.05, 0.1) is 43.1 Å². The maximum atomic E-state index is 11.3. The highest BCUT2D eigenvalue weighted by atomic mass is 30.2. The molecule has 12 heteroatoms. The topological polar surface area (TPSA) is 66.4 Å². The number of aliphatic hydroxyl groups excluding tert-OH is 1. The van der Waals surface area contributed by atoms with Crippen LogP contribution in [0.2, 0.25) is 78.6 Å². The first-order valence-electron chi connectivity index (χ1n) is 12.5. The molecule has 194 valence electrons. The molecule has 0 aromatic rings. The van der Waals surface area contributed by atoms with E-state index in [0.29, 0.717) is 6.61 Å². The molecule has 0 amide bonds. The Morgan fingerprint density at radius 2 is 1.15 bits per heavy atom. The molecule has 6 nitrogen and oxygen atoms in total. The predicted octanol–water partition coefficient (Wildman–Crippen LogP) is 4.27. The fourth-order valence-corrected chi connectivity index (χ4v) is 216. The largest absolute Gasteiger partial charge is 0.421 e. The van der Waals surface area contributed by atoms with Gasteiger partial charge >= 0.3 is 0 Å². The predicted molar refractivity (Wildman–Crippen MR) is 150 cm³/mol. The summed E-state index contributed by atoms with van der Waals surface area (Å²) in [5, 5.41) is 11.3. The molecule has 33 heavy (non-hydrogen) atoms. The smallest absolute Gasteiger partial charge is 0.190 e. The number of ether oxygens (including phenoxy) is 3. The van der Waals surface area contributed by atoms with Crippen molar-refractivity contribution in [2.75, 3.05) is 6.61 Å². The first kappa shape index (κ1) is 28.6. The second-order valence-corrected chi connectivity index (χ2v) is 75.8. The van der Waals surface area contributed by atoms with Crippen LogP contribution in [0, 0.1) is 0 Å². The van der Waals surface area contributed by atoms with Crippen molar-refractivity contribution in [3.05, 3.63) is 0 Å². The highest BCUT2D eigenvalue weighted by molar-refractivity contribution is 8.06. The van der Waals surface area contributed by atoms with Crippen molar-refractivity contribution < 1.29 is 28.2 Å². The maximum absolute atomic E-state index is 11.3. The van der Waals surface area contributed by atoms with Crippen LogP contribution in [0.25, 0.3) is 0 Å². The van der Waals surface area contributed by atoms with E-state index < -0.39 is 74.5 Å². The van der Waals surface area contributed by atoms with Crippen molar-refractivity contribution >= 4 is 44.1 Å². The summed E-state index contributed by atoms with van der Waals surface area (Å²) in [6.45, 7) is 30.5. The van der Waals surface area contributed by atoms with Crippen LogP contribution in [0.3, 0.4) is 0 Å². The summed E-state index contributed by atoms with van der Waals surface area (Å²) < 4.78 is 33.5. The quantitative estimate of drug-likeness (QED) is 0.501. The van der Waals surface area contributed by atoms with Crippen molar-refractivity contribution in [3.63, 3.8) is 0 Å². The van der Waals surface area contributed by atoms with Gasteiger partial charge in [-0.1, -0.05) is 78.6 Å². The van der Waals surface area contributed by atoms with E-state index in [1.165, 1.54) is 0 Å². The van der Waals surface area contributed by atoms with E-state index in [4.69, 9.17) is 23.1 Å². The fourth-order valence-electron chi connectivity index (χ4n) is 7.79. The Labute approximate surface area is 207 Å². The van der Waals surface area contributed by atoms with E-state index in [2.05, 4.69) is 78.6 Å². The van der Waals surface area contributed by atoms with Crippen molar-refractivity contribution in [3.8, 4) is 0 Å². The summed E-state index contributed by atoms with van der Waals surface area (Å²) >= 11 is 0. The molecular weight excluding hydrogens is 517 g/mol. The molecule has 5 atom stereocenters. The summed E-state index contributed by atoms with van der Waals surface area (Å²) in [7, 11) is -6.94. The molecular formula is C21H50O6Si6. The molecule has 3 rings (SSSR count). The van der Waals surface area contributed by atoms with Gasteiger partial charge < -0.3 is 28.2 Å². The lowest BCUT2D eigenvalue weighted by Gasteiger charge is -2.69. The second kappa shape index (κ2) is 8.28. The Morgan fingerprint density at radius 1 is 0.697 bits per heavy atom. The van der Waals surface area contributed by atoms with Gasteiger partial charge in [0.1, 0.15) is 18.3 Å². The van der Waals surface area contributed by atoms with Gasteiger partial charge in [-0.15, -0.1) is 0 Å². The van der Waals surface area contributed by atoms with Gasteiger partial charge in [0.25, 0.3) is 0 Å². The van der Waals surface area contributed by atoms with E-state index in [9.17, 15) is 5.11 Å². The lowest BCUT2D eigenvalue weighted by atomic mass is 10.1. The van der Waals surface area contributed by atoms with Crippen LogP contribution in [0.4, 0.5) is 0 Å². The van der Waals surface area contributed by atoms with Crippen LogP contribution < -0.4 is 0 Å². The van der Waals surface area contributed by atoms with Crippen molar-refractivity contribution in [2.24, 2.45) is 0 Å². The minimum Gasteiger partial charge on any atom is -0.421 e. The first-order chi connectivity index (χ1) is 14.5. The number of hydrogen-bond acceptors (Lipinski definition) is 6. The first-order valence-corrected chi connectivity index (χ1v) is 35.3. The van der Waals surface area contributed by atoms with Crippen LogP contribution in [-0.4, -0.2) is 92.3 Å². The van der Waals surface area contributed by atoms with E-state index in [0.717, 1.165) is 0 Å². The standard InChI is InChI=1S/C21H50O6Si6/c1-21(2)25-19-17(22)18(24-20(19)26-21)16-15-23-32(28(3,4)5,29(6,7)8)33(27-16,30(9,10)11)31(12,13)14/h16-20,22H,15H2,1-14H3/t16-,17-,18+,19+,20+/m0/s1. The molecule has 0 radical (unpaired) electrons. The third-order valence-corrected chi connectivity index (χ3v) is 125. The Bertz CT molecular complexity index is 722. The van der Waals surface area contributed by atoms with Crippen molar-refractivity contribution in [2.45, 2.75) is 129 Å². The number of aliphatic hydroxyl groups is 1. The molecule has 3 aliphatic rings. The Balaban J connectivity index is 2.12. The monoisotopic (exact) mass is 566 g/mol. The van der Waals surface area contributed by atoms with Gasteiger partial charge in [-0.05, 0) is 13.8 Å². The van der Waals surface area contributed by atoms with Crippen LogP contribution >= 0.6 is 0 Å². The molecule has 0 spiro atoms. The molecule has 0 bridgehead atoms. The van der Waals surface area contributed by atoms with Crippen LogP contribution in [0.5, 0.6) is 0 Å². The van der Waals surface area contributed by atoms with Gasteiger partial charge in [0, 0.05) is 0 Å².